The third-order valence-corrected chi connectivity index (χ3v) is 4.56. The molecule has 1 aliphatic carbocycles. The molecule has 0 radical (unpaired) electrons. The van der Waals surface area contributed by atoms with Crippen molar-refractivity contribution in [1.29, 1.82) is 0 Å². The second kappa shape index (κ2) is 5.82. The lowest BCUT2D eigenvalue weighted by Gasteiger charge is -2.13. The van der Waals surface area contributed by atoms with Crippen LogP contribution in [0.5, 0.6) is 0 Å². The summed E-state index contributed by atoms with van der Waals surface area (Å²) >= 11 is 0. The largest absolute Gasteiger partial charge is 0.348 e. The zero-order valence-electron chi connectivity index (χ0n) is 10.8. The van der Waals surface area contributed by atoms with E-state index < -0.39 is 9.84 Å². The summed E-state index contributed by atoms with van der Waals surface area (Å²) in [6.45, 7) is 2.51. The molecule has 1 fully saturated rings. The highest BCUT2D eigenvalue weighted by Gasteiger charge is 2.27. The molecule has 17 heavy (non-hydrogen) atoms. The van der Waals surface area contributed by atoms with Crippen LogP contribution in [0.4, 0.5) is 0 Å². The van der Waals surface area contributed by atoms with Crippen molar-refractivity contribution in [3.8, 4) is 0 Å². The summed E-state index contributed by atoms with van der Waals surface area (Å²) in [5.74, 6) is -0.00953. The van der Waals surface area contributed by atoms with E-state index in [1.807, 2.05) is 0 Å². The van der Waals surface area contributed by atoms with Crippen LogP contribution >= 0.6 is 0 Å². The van der Waals surface area contributed by atoms with E-state index in [2.05, 4.69) is 12.2 Å². The van der Waals surface area contributed by atoms with Gasteiger partial charge in [0.1, 0.15) is 5.75 Å². The molecule has 100 valence electrons. The van der Waals surface area contributed by atoms with E-state index in [1.165, 1.54) is 17.7 Å². The Bertz CT molecular complexity index is 361. The molecule has 0 bridgehead atoms. The summed E-state index contributed by atoms with van der Waals surface area (Å²) in [5.41, 5.74) is 0. The molecule has 0 aromatic heterocycles. The molecule has 1 N–H and O–H groups in total. The zero-order chi connectivity index (χ0) is 13.1. The number of nitrogens with zero attached hydrogens (tertiary/aromatic N) is 1. The minimum Gasteiger partial charge on any atom is -0.348 e. The van der Waals surface area contributed by atoms with Crippen LogP contribution in [0.1, 0.15) is 19.8 Å². The fourth-order valence-corrected chi connectivity index (χ4v) is 2.80. The van der Waals surface area contributed by atoms with Crippen LogP contribution in [-0.4, -0.2) is 57.4 Å². The molecule has 0 aliphatic heterocycles. The van der Waals surface area contributed by atoms with Crippen LogP contribution in [0.2, 0.25) is 0 Å². The van der Waals surface area contributed by atoms with Crippen molar-refractivity contribution in [2.45, 2.75) is 25.8 Å². The van der Waals surface area contributed by atoms with E-state index in [9.17, 15) is 13.2 Å². The SMILES string of the molecule is CC(NCCS(=O)(=O)CC(=O)N(C)C)C1CC1. The molecule has 1 saturated carbocycles. The van der Waals surface area contributed by atoms with Crippen molar-refractivity contribution < 1.29 is 13.2 Å². The molecule has 0 saturated heterocycles. The fraction of sp³-hybridized carbons (Fsp3) is 0.909. The Balaban J connectivity index is 2.26. The van der Waals surface area contributed by atoms with Gasteiger partial charge < -0.3 is 10.2 Å². The topological polar surface area (TPSA) is 66.5 Å². The summed E-state index contributed by atoms with van der Waals surface area (Å²) in [5, 5.41) is 3.20. The first-order valence-electron chi connectivity index (χ1n) is 5.96. The van der Waals surface area contributed by atoms with Gasteiger partial charge in [-0.3, -0.25) is 4.79 Å². The lowest BCUT2D eigenvalue weighted by atomic mass is 10.2. The van der Waals surface area contributed by atoms with Crippen molar-refractivity contribution in [3.05, 3.63) is 0 Å². The zero-order valence-corrected chi connectivity index (χ0v) is 11.6. The van der Waals surface area contributed by atoms with Crippen molar-refractivity contribution in [3.63, 3.8) is 0 Å². The average molecular weight is 262 g/mol. The molecule has 1 amide bonds. The predicted molar refractivity (Wildman–Crippen MR) is 67.5 cm³/mol. The van der Waals surface area contributed by atoms with E-state index in [4.69, 9.17) is 0 Å². The highest BCUT2D eigenvalue weighted by Crippen LogP contribution is 2.32. The maximum atomic E-state index is 11.6. The molecule has 0 aromatic carbocycles. The van der Waals surface area contributed by atoms with Crippen molar-refractivity contribution >= 4 is 15.7 Å². The van der Waals surface area contributed by atoms with Crippen LogP contribution in [-0.2, 0) is 14.6 Å². The van der Waals surface area contributed by atoms with Crippen LogP contribution in [0, 0.1) is 5.92 Å². The third-order valence-electron chi connectivity index (χ3n) is 3.05. The first-order chi connectivity index (χ1) is 7.82. The standard InChI is InChI=1S/C11H22N2O3S/c1-9(10-4-5-10)12-6-7-17(15,16)8-11(14)13(2)3/h9-10,12H,4-8H2,1-3H3. The predicted octanol–water partition coefficient (Wildman–Crippen LogP) is -0.122. The number of hydrogen-bond donors (Lipinski definition) is 1. The maximum absolute atomic E-state index is 11.6. The quantitative estimate of drug-likeness (QED) is 0.694. The number of amides is 1. The highest BCUT2D eigenvalue weighted by molar-refractivity contribution is 7.92. The molecule has 1 rings (SSSR count). The first kappa shape index (κ1) is 14.4. The minimum atomic E-state index is -3.28. The number of hydrogen-bond acceptors (Lipinski definition) is 4. The van der Waals surface area contributed by atoms with Gasteiger partial charge in [0, 0.05) is 26.7 Å². The highest BCUT2D eigenvalue weighted by atomic mass is 32.2. The van der Waals surface area contributed by atoms with E-state index >= 15 is 0 Å². The van der Waals surface area contributed by atoms with Crippen molar-refractivity contribution in [1.82, 2.24) is 10.2 Å². The van der Waals surface area contributed by atoms with Gasteiger partial charge in [-0.25, -0.2) is 8.42 Å². The van der Waals surface area contributed by atoms with Gasteiger partial charge in [-0.2, -0.15) is 0 Å². The molecule has 0 spiro atoms. The summed E-state index contributed by atoms with van der Waals surface area (Å²) in [4.78, 5) is 12.6. The number of rotatable bonds is 7. The van der Waals surface area contributed by atoms with Crippen LogP contribution in [0.3, 0.4) is 0 Å². The summed E-state index contributed by atoms with van der Waals surface area (Å²) in [7, 11) is -0.159. The minimum absolute atomic E-state index is 0.0314. The van der Waals surface area contributed by atoms with Gasteiger partial charge in [0.15, 0.2) is 9.84 Å². The normalized spacial score (nSPS) is 17.8. The Morgan fingerprint density at radius 2 is 2.00 bits per heavy atom. The van der Waals surface area contributed by atoms with Gasteiger partial charge >= 0.3 is 0 Å². The van der Waals surface area contributed by atoms with E-state index in [0.29, 0.717) is 18.5 Å². The van der Waals surface area contributed by atoms with Gasteiger partial charge in [-0.05, 0) is 25.7 Å². The van der Waals surface area contributed by atoms with Crippen molar-refractivity contribution in [2.24, 2.45) is 5.92 Å². The molecule has 5 nitrogen and oxygen atoms in total. The fourth-order valence-electron chi connectivity index (χ4n) is 1.59. The van der Waals surface area contributed by atoms with Gasteiger partial charge in [0.2, 0.25) is 5.91 Å². The van der Waals surface area contributed by atoms with Gasteiger partial charge in [-0.1, -0.05) is 0 Å². The van der Waals surface area contributed by atoms with E-state index in [1.54, 1.807) is 14.1 Å². The van der Waals surface area contributed by atoms with Crippen LogP contribution in [0.15, 0.2) is 0 Å². The number of nitrogens with one attached hydrogen (secondary N) is 1. The monoisotopic (exact) mass is 262 g/mol. The number of carbonyl (C=O) groups excluding carboxylic acids is 1. The Morgan fingerprint density at radius 3 is 2.47 bits per heavy atom. The molecular formula is C11H22N2O3S. The molecular weight excluding hydrogens is 240 g/mol. The van der Waals surface area contributed by atoms with E-state index in [0.717, 1.165) is 0 Å². The van der Waals surface area contributed by atoms with Gasteiger partial charge in [0.05, 0.1) is 5.75 Å². The lowest BCUT2D eigenvalue weighted by molar-refractivity contribution is -0.125. The smallest absolute Gasteiger partial charge is 0.237 e. The van der Waals surface area contributed by atoms with Crippen LogP contribution < -0.4 is 5.32 Å². The Kier molecular flexibility index (Phi) is 4.94. The lowest BCUT2D eigenvalue weighted by Crippen LogP contribution is -2.35. The maximum Gasteiger partial charge on any atom is 0.237 e. The molecule has 1 aliphatic rings. The van der Waals surface area contributed by atoms with Gasteiger partial charge in [-0.15, -0.1) is 0 Å². The first-order valence-corrected chi connectivity index (χ1v) is 7.78. The average Bonchev–Trinajstić information content (AvgIpc) is 2.99. The molecule has 1 unspecified atom stereocenters. The molecule has 1 atom stereocenters. The summed E-state index contributed by atoms with van der Waals surface area (Å²) in [6, 6.07) is 0.384. The second-order valence-corrected chi connectivity index (χ2v) is 7.14. The van der Waals surface area contributed by atoms with Crippen molar-refractivity contribution in [2.75, 3.05) is 32.1 Å². The second-order valence-electron chi connectivity index (χ2n) is 4.96. The molecule has 0 heterocycles. The molecule has 0 aromatic rings. The third kappa shape index (κ3) is 5.50. The number of carbonyl (C=O) groups is 1. The molecule has 6 heteroatoms. The Hall–Kier alpha value is -0.620. The summed E-state index contributed by atoms with van der Waals surface area (Å²) in [6.07, 6.45) is 2.47. The van der Waals surface area contributed by atoms with Gasteiger partial charge in [0.25, 0.3) is 0 Å². The Morgan fingerprint density at radius 1 is 1.41 bits per heavy atom. The summed E-state index contributed by atoms with van der Waals surface area (Å²) < 4.78 is 23.2. The Labute approximate surface area is 103 Å². The number of sulfone groups is 1. The van der Waals surface area contributed by atoms with Crippen LogP contribution in [0.25, 0.3) is 0 Å². The van der Waals surface area contributed by atoms with E-state index in [-0.39, 0.29) is 17.4 Å².